The third-order valence-corrected chi connectivity index (χ3v) is 5.13. The van der Waals surface area contributed by atoms with Crippen LogP contribution in [0.4, 0.5) is 5.69 Å². The number of nitrogens with zero attached hydrogens (tertiary/aromatic N) is 5. The Morgan fingerprint density at radius 3 is 2.43 bits per heavy atom. The summed E-state index contributed by atoms with van der Waals surface area (Å²) in [5.41, 5.74) is 4.73. The zero-order valence-corrected chi connectivity index (χ0v) is 19.0. The molecule has 0 amide bonds. The van der Waals surface area contributed by atoms with E-state index < -0.39 is 0 Å². The first-order valence-corrected chi connectivity index (χ1v) is 10.2. The molecule has 0 spiro atoms. The van der Waals surface area contributed by atoms with Crippen molar-refractivity contribution < 1.29 is 0 Å². The predicted molar refractivity (Wildman–Crippen MR) is 122 cm³/mol. The van der Waals surface area contributed by atoms with Crippen molar-refractivity contribution in [3.63, 3.8) is 0 Å². The van der Waals surface area contributed by atoms with Crippen LogP contribution in [0, 0.1) is 18.4 Å². The Balaban J connectivity index is 2.01. The molecule has 0 fully saturated rings. The van der Waals surface area contributed by atoms with E-state index in [4.69, 9.17) is 33.4 Å². The minimum atomic E-state index is -0.307. The summed E-state index contributed by atoms with van der Waals surface area (Å²) < 4.78 is 2.03. The largest absolute Gasteiger partial charge is 0.335 e. The summed E-state index contributed by atoms with van der Waals surface area (Å²) in [6, 6.07) is 4.98. The van der Waals surface area contributed by atoms with Gasteiger partial charge in [-0.2, -0.15) is 5.26 Å². The fourth-order valence-corrected chi connectivity index (χ4v) is 3.86. The molecule has 0 aliphatic rings. The number of anilines is 1. The Bertz CT molecular complexity index is 1140. The molecule has 9 heteroatoms. The number of nitrogens with one attached hydrogen (secondary N) is 2. The van der Waals surface area contributed by atoms with E-state index >= 15 is 0 Å². The highest BCUT2D eigenvalue weighted by atomic mass is 35.5. The van der Waals surface area contributed by atoms with E-state index in [1.165, 1.54) is 16.5 Å². The molecule has 0 saturated carbocycles. The highest BCUT2D eigenvalue weighted by molar-refractivity contribution is 6.33. The molecule has 3 aromatic rings. The molecule has 0 aliphatic carbocycles. The Morgan fingerprint density at radius 2 is 1.83 bits per heavy atom. The molecule has 0 bridgehead atoms. The number of fused-ring (bicyclic) bond motifs is 1. The van der Waals surface area contributed by atoms with Crippen molar-refractivity contribution in [2.45, 2.75) is 39.7 Å². The number of halogens is 2. The Kier molecular flexibility index (Phi) is 6.49. The summed E-state index contributed by atoms with van der Waals surface area (Å²) in [5, 5.41) is 16.4. The molecule has 0 aromatic carbocycles. The summed E-state index contributed by atoms with van der Waals surface area (Å²) in [6.07, 6.45) is 3.98. The molecule has 2 N–H and O–H groups in total. The highest BCUT2D eigenvalue weighted by Gasteiger charge is 2.17. The Labute approximate surface area is 185 Å². The molecular weight excluding hydrogens is 421 g/mol. The van der Waals surface area contributed by atoms with Gasteiger partial charge in [0.05, 0.1) is 11.7 Å². The number of hydrogen-bond donors (Lipinski definition) is 2. The molecule has 156 valence electrons. The van der Waals surface area contributed by atoms with Crippen LogP contribution in [0.2, 0.25) is 10.3 Å². The first-order valence-electron chi connectivity index (χ1n) is 9.49. The lowest BCUT2D eigenvalue weighted by molar-refractivity contribution is 0.768. The normalized spacial score (nSPS) is 12.8. The summed E-state index contributed by atoms with van der Waals surface area (Å²) in [6.45, 7) is 8.36. The zero-order chi connectivity index (χ0) is 22.0. The van der Waals surface area contributed by atoms with E-state index in [1.54, 1.807) is 12.1 Å². The van der Waals surface area contributed by atoms with Gasteiger partial charge in [-0.05, 0) is 49.1 Å². The molecule has 0 aliphatic heterocycles. The second kappa shape index (κ2) is 8.90. The van der Waals surface area contributed by atoms with E-state index in [-0.39, 0.29) is 22.3 Å². The molecule has 0 radical (unpaired) electrons. The van der Waals surface area contributed by atoms with Crippen molar-refractivity contribution in [1.29, 1.82) is 5.26 Å². The Hall–Kier alpha value is -2.82. The standard InChI is InChI=1S/C21H23Cl2N7/c1-11(2)15-8-16(28-20-19(15)12(3)9-30(20)5)13(4)26-21(25-10-24)27-14-6-17(22)29-18(23)7-14/h6-9,11,13H,1-5H3,(H2,25,26,27,29). The summed E-state index contributed by atoms with van der Waals surface area (Å²) in [7, 11) is 1.99. The van der Waals surface area contributed by atoms with Crippen molar-refractivity contribution in [1.82, 2.24) is 19.9 Å². The topological polar surface area (TPSA) is 90.9 Å². The number of aryl methyl sites for hydroxylation is 2. The van der Waals surface area contributed by atoms with Gasteiger partial charge < -0.3 is 9.88 Å². The number of hydrogen-bond acceptors (Lipinski definition) is 4. The fraction of sp³-hybridized carbons (Fsp3) is 0.333. The van der Waals surface area contributed by atoms with Crippen LogP contribution in [0.15, 0.2) is 29.4 Å². The molecule has 30 heavy (non-hydrogen) atoms. The van der Waals surface area contributed by atoms with E-state index in [0.717, 1.165) is 11.3 Å². The summed E-state index contributed by atoms with van der Waals surface area (Å²) in [4.78, 5) is 13.4. The van der Waals surface area contributed by atoms with Crippen LogP contribution in [-0.2, 0) is 7.05 Å². The molecule has 3 aromatic heterocycles. The Morgan fingerprint density at radius 1 is 1.17 bits per heavy atom. The SMILES string of the molecule is Cc1cn(C)c2nc(C(C)N=C(NC#N)Nc3cc(Cl)nc(Cl)c3)cc(C(C)C)c12. The maximum absolute atomic E-state index is 9.14. The van der Waals surface area contributed by atoms with Gasteiger partial charge in [-0.15, -0.1) is 0 Å². The molecule has 7 nitrogen and oxygen atoms in total. The monoisotopic (exact) mass is 443 g/mol. The van der Waals surface area contributed by atoms with E-state index in [9.17, 15) is 0 Å². The van der Waals surface area contributed by atoms with Gasteiger partial charge in [0.25, 0.3) is 0 Å². The number of aliphatic imine (C=N–C) groups is 1. The summed E-state index contributed by atoms with van der Waals surface area (Å²) in [5.74, 6) is 0.599. The van der Waals surface area contributed by atoms with Gasteiger partial charge in [0.15, 0.2) is 6.19 Å². The van der Waals surface area contributed by atoms with Gasteiger partial charge in [0, 0.05) is 24.3 Å². The minimum absolute atomic E-state index is 0.238. The van der Waals surface area contributed by atoms with Crippen LogP contribution in [0.1, 0.15) is 49.6 Å². The predicted octanol–water partition coefficient (Wildman–Crippen LogP) is 5.31. The second-order valence-corrected chi connectivity index (χ2v) is 8.20. The lowest BCUT2D eigenvalue weighted by atomic mass is 9.97. The third-order valence-electron chi connectivity index (χ3n) is 4.74. The van der Waals surface area contributed by atoms with Crippen LogP contribution in [0.5, 0.6) is 0 Å². The summed E-state index contributed by atoms with van der Waals surface area (Å²) >= 11 is 11.9. The molecule has 0 saturated heterocycles. The first-order chi connectivity index (χ1) is 14.2. The van der Waals surface area contributed by atoms with Crippen LogP contribution < -0.4 is 10.6 Å². The number of pyridine rings is 2. The first kappa shape index (κ1) is 21.9. The maximum atomic E-state index is 9.14. The zero-order valence-electron chi connectivity index (χ0n) is 17.5. The van der Waals surface area contributed by atoms with Gasteiger partial charge in [0.1, 0.15) is 16.0 Å². The number of rotatable bonds is 4. The van der Waals surface area contributed by atoms with Crippen LogP contribution in [-0.4, -0.2) is 20.5 Å². The number of aromatic nitrogens is 3. The maximum Gasteiger partial charge on any atom is 0.209 e. The van der Waals surface area contributed by atoms with E-state index in [0.29, 0.717) is 11.6 Å². The van der Waals surface area contributed by atoms with Gasteiger partial charge >= 0.3 is 0 Å². The molecule has 1 atom stereocenters. The van der Waals surface area contributed by atoms with E-state index in [2.05, 4.69) is 53.6 Å². The van der Waals surface area contributed by atoms with Crippen molar-refractivity contribution in [2.75, 3.05) is 5.32 Å². The van der Waals surface area contributed by atoms with Crippen LogP contribution >= 0.6 is 23.2 Å². The number of guanidine groups is 1. The van der Waals surface area contributed by atoms with Gasteiger partial charge in [-0.1, -0.05) is 37.0 Å². The quantitative estimate of drug-likeness (QED) is 0.187. The van der Waals surface area contributed by atoms with Crippen molar-refractivity contribution in [3.8, 4) is 6.19 Å². The van der Waals surface area contributed by atoms with E-state index in [1.807, 2.05) is 24.7 Å². The lowest BCUT2D eigenvalue weighted by Gasteiger charge is -2.15. The highest BCUT2D eigenvalue weighted by Crippen LogP contribution is 2.31. The molecule has 3 heterocycles. The smallest absolute Gasteiger partial charge is 0.209 e. The van der Waals surface area contributed by atoms with Crippen LogP contribution in [0.25, 0.3) is 11.0 Å². The third kappa shape index (κ3) is 4.66. The van der Waals surface area contributed by atoms with Crippen molar-refractivity contribution >= 4 is 45.9 Å². The van der Waals surface area contributed by atoms with Crippen LogP contribution in [0.3, 0.4) is 0 Å². The minimum Gasteiger partial charge on any atom is -0.335 e. The molecule has 3 rings (SSSR count). The average Bonchev–Trinajstić information content (AvgIpc) is 2.94. The average molecular weight is 444 g/mol. The molecular formula is C21H23Cl2N7. The van der Waals surface area contributed by atoms with Crippen molar-refractivity contribution in [3.05, 3.63) is 51.5 Å². The van der Waals surface area contributed by atoms with Gasteiger partial charge in [-0.3, -0.25) is 5.32 Å². The second-order valence-electron chi connectivity index (χ2n) is 7.43. The fourth-order valence-electron chi connectivity index (χ4n) is 3.40. The van der Waals surface area contributed by atoms with Gasteiger partial charge in [0.2, 0.25) is 5.96 Å². The van der Waals surface area contributed by atoms with Gasteiger partial charge in [-0.25, -0.2) is 15.0 Å². The molecule has 1 unspecified atom stereocenters. The lowest BCUT2D eigenvalue weighted by Crippen LogP contribution is -2.27. The van der Waals surface area contributed by atoms with Crippen molar-refractivity contribution in [2.24, 2.45) is 12.0 Å². The number of nitriles is 1.